The van der Waals surface area contributed by atoms with E-state index < -0.39 is 5.60 Å². The number of hydrogen-bond donors (Lipinski definition) is 0. The fourth-order valence-electron chi connectivity index (χ4n) is 4.50. The molecule has 0 N–H and O–H groups in total. The Hall–Kier alpha value is -3.06. The van der Waals surface area contributed by atoms with Crippen LogP contribution in [0.3, 0.4) is 0 Å². The molecule has 1 nitrogen and oxygen atoms in total. The summed E-state index contributed by atoms with van der Waals surface area (Å²) in [4.78, 5) is 0. The summed E-state index contributed by atoms with van der Waals surface area (Å²) >= 11 is 0. The minimum atomic E-state index is -0.585. The smallest absolute Gasteiger partial charge is 0.186 e. The Bertz CT molecular complexity index is 1040. The summed E-state index contributed by atoms with van der Waals surface area (Å²) in [5, 5.41) is 0. The molecule has 0 aromatic heterocycles. The minimum Gasteiger partial charge on any atom is -0.472 e. The molecule has 0 bridgehead atoms. The molecule has 1 heterocycles. The molecule has 0 amide bonds. The second kappa shape index (κ2) is 5.47. The van der Waals surface area contributed by atoms with Gasteiger partial charge in [-0.3, -0.25) is 0 Å². The number of benzene rings is 3. The van der Waals surface area contributed by atoms with Gasteiger partial charge in [-0.1, -0.05) is 78.9 Å². The molecule has 3 aromatic carbocycles. The molecule has 126 valence electrons. The van der Waals surface area contributed by atoms with E-state index in [1.165, 1.54) is 39.0 Å². The average molecular weight is 336 g/mol. The highest BCUT2D eigenvalue weighted by atomic mass is 16.5. The van der Waals surface area contributed by atoms with Crippen molar-refractivity contribution in [2.45, 2.75) is 19.4 Å². The molecule has 1 spiro atoms. The van der Waals surface area contributed by atoms with Gasteiger partial charge in [-0.2, -0.15) is 0 Å². The van der Waals surface area contributed by atoms with Crippen molar-refractivity contribution in [2.75, 3.05) is 0 Å². The van der Waals surface area contributed by atoms with E-state index in [2.05, 4.69) is 92.7 Å². The van der Waals surface area contributed by atoms with Crippen LogP contribution in [0.15, 0.2) is 90.5 Å². The third-order valence-electron chi connectivity index (χ3n) is 5.57. The Morgan fingerprint density at radius 3 is 1.88 bits per heavy atom. The lowest BCUT2D eigenvalue weighted by Crippen LogP contribution is -2.37. The molecule has 3 aromatic rings. The first-order valence-electron chi connectivity index (χ1n) is 9.09. The van der Waals surface area contributed by atoms with Crippen LogP contribution in [0.4, 0.5) is 0 Å². The zero-order chi connectivity index (χ0) is 17.7. The van der Waals surface area contributed by atoms with Gasteiger partial charge in [0.15, 0.2) is 5.60 Å². The molecule has 0 unspecified atom stereocenters. The molecule has 0 radical (unpaired) electrons. The number of para-hydroxylation sites is 1. The van der Waals surface area contributed by atoms with Crippen molar-refractivity contribution >= 4 is 5.57 Å². The summed E-state index contributed by atoms with van der Waals surface area (Å²) in [6, 6.07) is 25.6. The Morgan fingerprint density at radius 2 is 1.27 bits per heavy atom. The van der Waals surface area contributed by atoms with Crippen LogP contribution in [0.25, 0.3) is 16.7 Å². The van der Waals surface area contributed by atoms with Crippen molar-refractivity contribution in [3.05, 3.63) is 107 Å². The van der Waals surface area contributed by atoms with Crippen LogP contribution in [-0.4, -0.2) is 0 Å². The molecular weight excluding hydrogens is 316 g/mol. The van der Waals surface area contributed by atoms with Crippen LogP contribution in [0.2, 0.25) is 0 Å². The SMILES string of the molecule is C/C=C\C1=C(C)c2ccccc2OC12c1ccccc1-c1ccccc12. The highest BCUT2D eigenvalue weighted by Crippen LogP contribution is 2.57. The van der Waals surface area contributed by atoms with Crippen LogP contribution < -0.4 is 4.74 Å². The second-order valence-electron chi connectivity index (χ2n) is 6.91. The van der Waals surface area contributed by atoms with E-state index in [0.29, 0.717) is 0 Å². The maximum atomic E-state index is 6.86. The standard InChI is InChI=1S/C25H20O/c1-3-10-21-17(2)18-11-6-9-16-24(18)26-25(21)22-14-7-4-12-19(22)20-13-5-8-15-23(20)25/h3-16H,1-2H3/b10-3-. The highest BCUT2D eigenvalue weighted by molar-refractivity contribution is 5.88. The maximum absolute atomic E-state index is 6.86. The minimum absolute atomic E-state index is 0.585. The predicted octanol–water partition coefficient (Wildman–Crippen LogP) is 6.35. The van der Waals surface area contributed by atoms with E-state index in [0.717, 1.165) is 5.75 Å². The first-order chi connectivity index (χ1) is 12.8. The summed E-state index contributed by atoms with van der Waals surface area (Å²) in [6.45, 7) is 4.28. The van der Waals surface area contributed by atoms with Crippen molar-refractivity contribution in [2.24, 2.45) is 0 Å². The Morgan fingerprint density at radius 1 is 0.731 bits per heavy atom. The van der Waals surface area contributed by atoms with E-state index in [4.69, 9.17) is 4.74 Å². The van der Waals surface area contributed by atoms with Gasteiger partial charge in [0.25, 0.3) is 0 Å². The van der Waals surface area contributed by atoms with Gasteiger partial charge < -0.3 is 4.74 Å². The number of fused-ring (bicyclic) bond motifs is 6. The van der Waals surface area contributed by atoms with Crippen LogP contribution in [0.1, 0.15) is 30.5 Å². The molecule has 26 heavy (non-hydrogen) atoms. The van der Waals surface area contributed by atoms with Crippen LogP contribution in [-0.2, 0) is 5.60 Å². The van der Waals surface area contributed by atoms with Gasteiger partial charge in [-0.15, -0.1) is 0 Å². The van der Waals surface area contributed by atoms with E-state index in [1.807, 2.05) is 6.07 Å². The van der Waals surface area contributed by atoms with Gasteiger partial charge in [0.1, 0.15) is 5.75 Å². The predicted molar refractivity (Wildman–Crippen MR) is 107 cm³/mol. The summed E-state index contributed by atoms with van der Waals surface area (Å²) in [6.07, 6.45) is 4.32. The zero-order valence-corrected chi connectivity index (χ0v) is 15.0. The number of allylic oxidation sites excluding steroid dienone is 2. The van der Waals surface area contributed by atoms with Gasteiger partial charge in [0.05, 0.1) is 0 Å². The third-order valence-corrected chi connectivity index (χ3v) is 5.57. The Labute approximate surface area is 154 Å². The van der Waals surface area contributed by atoms with Gasteiger partial charge >= 0.3 is 0 Å². The normalized spacial score (nSPS) is 16.4. The first-order valence-corrected chi connectivity index (χ1v) is 9.09. The van der Waals surface area contributed by atoms with Crippen molar-refractivity contribution in [3.63, 3.8) is 0 Å². The number of hydrogen-bond acceptors (Lipinski definition) is 1. The summed E-state index contributed by atoms with van der Waals surface area (Å²) in [7, 11) is 0. The number of rotatable bonds is 1. The molecule has 0 fully saturated rings. The zero-order valence-electron chi connectivity index (χ0n) is 15.0. The van der Waals surface area contributed by atoms with Crippen molar-refractivity contribution in [1.29, 1.82) is 0 Å². The fourth-order valence-corrected chi connectivity index (χ4v) is 4.50. The van der Waals surface area contributed by atoms with E-state index in [-0.39, 0.29) is 0 Å². The maximum Gasteiger partial charge on any atom is 0.186 e. The molecule has 5 rings (SSSR count). The largest absolute Gasteiger partial charge is 0.472 e. The highest BCUT2D eigenvalue weighted by Gasteiger charge is 2.50. The van der Waals surface area contributed by atoms with Gasteiger partial charge in [-0.05, 0) is 36.6 Å². The molecule has 1 aliphatic carbocycles. The first kappa shape index (κ1) is 15.2. The molecule has 1 aliphatic heterocycles. The summed E-state index contributed by atoms with van der Waals surface area (Å²) < 4.78 is 6.86. The van der Waals surface area contributed by atoms with Crippen molar-refractivity contribution in [3.8, 4) is 16.9 Å². The lowest BCUT2D eigenvalue weighted by atomic mass is 9.77. The summed E-state index contributed by atoms with van der Waals surface area (Å²) in [5.74, 6) is 0.949. The number of ether oxygens (including phenoxy) is 1. The topological polar surface area (TPSA) is 9.23 Å². The Kier molecular flexibility index (Phi) is 3.20. The molecular formula is C25H20O. The molecule has 1 heteroatoms. The molecule has 2 aliphatic rings. The van der Waals surface area contributed by atoms with Crippen molar-refractivity contribution in [1.82, 2.24) is 0 Å². The van der Waals surface area contributed by atoms with Gasteiger partial charge in [-0.25, -0.2) is 0 Å². The lowest BCUT2D eigenvalue weighted by Gasteiger charge is -2.39. The van der Waals surface area contributed by atoms with Gasteiger partial charge in [0.2, 0.25) is 0 Å². The van der Waals surface area contributed by atoms with Crippen LogP contribution >= 0.6 is 0 Å². The van der Waals surface area contributed by atoms with Crippen LogP contribution in [0, 0.1) is 0 Å². The monoisotopic (exact) mass is 336 g/mol. The third kappa shape index (κ3) is 1.80. The fraction of sp³-hybridized carbons (Fsp3) is 0.120. The Balaban J connectivity index is 1.93. The summed E-state index contributed by atoms with van der Waals surface area (Å²) in [5.41, 5.74) is 8.06. The van der Waals surface area contributed by atoms with E-state index >= 15 is 0 Å². The molecule has 0 atom stereocenters. The van der Waals surface area contributed by atoms with Gasteiger partial charge in [0, 0.05) is 22.3 Å². The quantitative estimate of drug-likeness (QED) is 0.503. The second-order valence-corrected chi connectivity index (χ2v) is 6.91. The van der Waals surface area contributed by atoms with Crippen molar-refractivity contribution < 1.29 is 4.74 Å². The van der Waals surface area contributed by atoms with E-state index in [9.17, 15) is 0 Å². The van der Waals surface area contributed by atoms with E-state index in [1.54, 1.807) is 0 Å². The lowest BCUT2D eigenvalue weighted by molar-refractivity contribution is 0.155. The molecule has 0 saturated heterocycles. The average Bonchev–Trinajstić information content (AvgIpc) is 2.96. The molecule has 0 saturated carbocycles. The van der Waals surface area contributed by atoms with Crippen LogP contribution in [0.5, 0.6) is 5.75 Å².